The number of pyridine rings is 1. The number of rotatable bonds is 5. The number of hydrogen-bond donors (Lipinski definition) is 1. The fraction of sp³-hybridized carbons (Fsp3) is 0.154. The van der Waals surface area contributed by atoms with Crippen molar-refractivity contribution in [2.75, 3.05) is 5.32 Å². The van der Waals surface area contributed by atoms with E-state index >= 15 is 0 Å². The van der Waals surface area contributed by atoms with Crippen LogP contribution in [0.5, 0.6) is 0 Å². The van der Waals surface area contributed by atoms with Crippen molar-refractivity contribution in [2.24, 2.45) is 0 Å². The number of nitro benzene ring substituents is 2. The molecule has 108 valence electrons. The van der Waals surface area contributed by atoms with Gasteiger partial charge in [0.25, 0.3) is 11.4 Å². The van der Waals surface area contributed by atoms with Crippen molar-refractivity contribution in [1.82, 2.24) is 4.98 Å². The topological polar surface area (TPSA) is 111 Å². The summed E-state index contributed by atoms with van der Waals surface area (Å²) in [5, 5.41) is 24.9. The molecule has 2 rings (SSSR count). The van der Waals surface area contributed by atoms with Gasteiger partial charge in [0, 0.05) is 31.1 Å². The summed E-state index contributed by atoms with van der Waals surface area (Å²) in [7, 11) is 0. The van der Waals surface area contributed by atoms with E-state index in [2.05, 4.69) is 10.3 Å². The van der Waals surface area contributed by atoms with Crippen molar-refractivity contribution in [3.63, 3.8) is 0 Å². The molecule has 0 radical (unpaired) electrons. The molecule has 2 aromatic rings. The third-order valence-electron chi connectivity index (χ3n) is 2.83. The lowest BCUT2D eigenvalue weighted by atomic mass is 10.1. The van der Waals surface area contributed by atoms with Crippen LogP contribution in [-0.2, 0) is 6.54 Å². The molecule has 0 spiro atoms. The molecule has 0 bridgehead atoms. The van der Waals surface area contributed by atoms with E-state index in [9.17, 15) is 20.2 Å². The van der Waals surface area contributed by atoms with E-state index in [-0.39, 0.29) is 23.6 Å². The van der Waals surface area contributed by atoms with Crippen LogP contribution in [0.3, 0.4) is 0 Å². The number of aryl methyl sites for hydroxylation is 1. The van der Waals surface area contributed by atoms with Crippen LogP contribution >= 0.6 is 0 Å². The molecule has 1 aromatic heterocycles. The van der Waals surface area contributed by atoms with Gasteiger partial charge in [-0.05, 0) is 24.1 Å². The average Bonchev–Trinajstić information content (AvgIpc) is 2.46. The fourth-order valence-corrected chi connectivity index (χ4v) is 1.91. The summed E-state index contributed by atoms with van der Waals surface area (Å²) in [5.41, 5.74) is 0.498. The first kappa shape index (κ1) is 14.4. The first-order chi connectivity index (χ1) is 9.99. The third-order valence-corrected chi connectivity index (χ3v) is 2.83. The van der Waals surface area contributed by atoms with Gasteiger partial charge in [-0.25, -0.2) is 0 Å². The Morgan fingerprint density at radius 2 is 1.81 bits per heavy atom. The summed E-state index contributed by atoms with van der Waals surface area (Å²) in [5.74, 6) is 0. The molecule has 0 amide bonds. The Bertz CT molecular complexity index is 653. The largest absolute Gasteiger partial charge is 0.370 e. The molecular weight excluding hydrogens is 276 g/mol. The maximum absolute atomic E-state index is 11.1. The minimum Gasteiger partial charge on any atom is -0.370 e. The highest BCUT2D eigenvalue weighted by atomic mass is 16.6. The molecule has 1 heterocycles. The molecule has 0 aliphatic heterocycles. The Hall–Kier alpha value is -3.03. The number of benzene rings is 1. The lowest BCUT2D eigenvalue weighted by Crippen LogP contribution is -2.06. The molecule has 0 aliphatic rings. The molecule has 0 saturated heterocycles. The van der Waals surface area contributed by atoms with E-state index < -0.39 is 9.85 Å². The molecular formula is C13H12N4O4. The van der Waals surface area contributed by atoms with Gasteiger partial charge >= 0.3 is 0 Å². The van der Waals surface area contributed by atoms with Crippen LogP contribution in [-0.4, -0.2) is 14.8 Å². The predicted molar refractivity (Wildman–Crippen MR) is 76.1 cm³/mol. The van der Waals surface area contributed by atoms with Gasteiger partial charge in [0.2, 0.25) is 0 Å². The van der Waals surface area contributed by atoms with E-state index in [1.165, 1.54) is 12.1 Å². The highest BCUT2D eigenvalue weighted by Gasteiger charge is 2.25. The zero-order valence-corrected chi connectivity index (χ0v) is 11.1. The molecule has 1 N–H and O–H groups in total. The molecule has 8 nitrogen and oxygen atoms in total. The van der Waals surface area contributed by atoms with Crippen molar-refractivity contribution in [3.05, 3.63) is 68.0 Å². The second-order valence-electron chi connectivity index (χ2n) is 4.41. The maximum atomic E-state index is 11.1. The van der Waals surface area contributed by atoms with Gasteiger partial charge in [-0.3, -0.25) is 25.2 Å². The third kappa shape index (κ3) is 3.30. The Labute approximate surface area is 119 Å². The Kier molecular flexibility index (Phi) is 4.07. The molecule has 21 heavy (non-hydrogen) atoms. The molecule has 1 aromatic carbocycles. The lowest BCUT2D eigenvalue weighted by molar-refractivity contribution is -0.392. The van der Waals surface area contributed by atoms with E-state index in [0.717, 1.165) is 5.56 Å². The second-order valence-corrected chi connectivity index (χ2v) is 4.41. The smallest absolute Gasteiger partial charge is 0.299 e. The fourth-order valence-electron chi connectivity index (χ4n) is 1.91. The minimum absolute atomic E-state index is 0.0977. The molecule has 0 saturated carbocycles. The van der Waals surface area contributed by atoms with Crippen LogP contribution in [0.15, 0.2) is 36.7 Å². The summed E-state index contributed by atoms with van der Waals surface area (Å²) >= 11 is 0. The number of anilines is 1. The molecule has 8 heteroatoms. The van der Waals surface area contributed by atoms with Crippen molar-refractivity contribution >= 4 is 17.1 Å². The predicted octanol–water partition coefficient (Wildman–Crippen LogP) is 2.82. The van der Waals surface area contributed by atoms with Crippen molar-refractivity contribution in [1.29, 1.82) is 0 Å². The van der Waals surface area contributed by atoms with Gasteiger partial charge < -0.3 is 5.32 Å². The number of aromatic nitrogens is 1. The average molecular weight is 288 g/mol. The van der Waals surface area contributed by atoms with Crippen LogP contribution < -0.4 is 5.32 Å². The molecule has 0 unspecified atom stereocenters. The summed E-state index contributed by atoms with van der Waals surface area (Å²) in [4.78, 5) is 24.8. The monoisotopic (exact) mass is 288 g/mol. The zero-order valence-electron chi connectivity index (χ0n) is 11.1. The molecule has 0 aliphatic carbocycles. The summed E-state index contributed by atoms with van der Waals surface area (Å²) in [6.07, 6.45) is 3.18. The van der Waals surface area contributed by atoms with Gasteiger partial charge in [0.1, 0.15) is 0 Å². The standard InChI is InChI=1S/C13H12N4O4/c1-9-5-11(16(18)19)13(12(6-9)17(20)21)15-8-10-3-2-4-14-7-10/h2-7,15H,8H2,1H3. The van der Waals surface area contributed by atoms with Crippen LogP contribution in [0.4, 0.5) is 17.1 Å². The second kappa shape index (κ2) is 5.95. The summed E-state index contributed by atoms with van der Waals surface area (Å²) in [6, 6.07) is 6.10. The van der Waals surface area contributed by atoms with Gasteiger partial charge in [-0.2, -0.15) is 0 Å². The number of hydrogen-bond acceptors (Lipinski definition) is 6. The van der Waals surface area contributed by atoms with Crippen molar-refractivity contribution < 1.29 is 9.85 Å². The van der Waals surface area contributed by atoms with Crippen LogP contribution in [0.1, 0.15) is 11.1 Å². The van der Waals surface area contributed by atoms with Crippen LogP contribution in [0.25, 0.3) is 0 Å². The quantitative estimate of drug-likeness (QED) is 0.668. The van der Waals surface area contributed by atoms with Crippen LogP contribution in [0, 0.1) is 27.2 Å². The number of nitrogens with one attached hydrogen (secondary N) is 1. The van der Waals surface area contributed by atoms with E-state index in [1.807, 2.05) is 0 Å². The van der Waals surface area contributed by atoms with Gasteiger partial charge in [0.15, 0.2) is 5.69 Å². The maximum Gasteiger partial charge on any atom is 0.299 e. The van der Waals surface area contributed by atoms with Gasteiger partial charge in [-0.1, -0.05) is 6.07 Å². The highest BCUT2D eigenvalue weighted by Crippen LogP contribution is 2.35. The Morgan fingerprint density at radius 1 is 1.19 bits per heavy atom. The van der Waals surface area contributed by atoms with E-state index in [1.54, 1.807) is 31.5 Å². The summed E-state index contributed by atoms with van der Waals surface area (Å²) in [6.45, 7) is 1.78. The zero-order chi connectivity index (χ0) is 15.4. The SMILES string of the molecule is Cc1cc([N+](=O)[O-])c(NCc2cccnc2)c([N+](=O)[O-])c1. The highest BCUT2D eigenvalue weighted by molar-refractivity contribution is 5.74. The summed E-state index contributed by atoms with van der Waals surface area (Å²) < 4.78 is 0. The van der Waals surface area contributed by atoms with Gasteiger partial charge in [0.05, 0.1) is 9.85 Å². The minimum atomic E-state index is -0.633. The van der Waals surface area contributed by atoms with E-state index in [4.69, 9.17) is 0 Å². The first-order valence-corrected chi connectivity index (χ1v) is 6.05. The van der Waals surface area contributed by atoms with Gasteiger partial charge in [-0.15, -0.1) is 0 Å². The van der Waals surface area contributed by atoms with E-state index in [0.29, 0.717) is 5.56 Å². The molecule has 0 fully saturated rings. The Morgan fingerprint density at radius 3 is 2.29 bits per heavy atom. The van der Waals surface area contributed by atoms with Crippen molar-refractivity contribution in [2.45, 2.75) is 13.5 Å². The number of nitro groups is 2. The molecule has 0 atom stereocenters. The van der Waals surface area contributed by atoms with Crippen molar-refractivity contribution in [3.8, 4) is 0 Å². The Balaban J connectivity index is 2.40. The normalized spacial score (nSPS) is 10.1. The first-order valence-electron chi connectivity index (χ1n) is 6.05. The lowest BCUT2D eigenvalue weighted by Gasteiger charge is -2.08. The van der Waals surface area contributed by atoms with Crippen LogP contribution in [0.2, 0.25) is 0 Å². The number of nitrogens with zero attached hydrogens (tertiary/aromatic N) is 3.